The minimum absolute atomic E-state index is 0.0380. The Kier molecular flexibility index (Phi) is 3.76. The highest BCUT2D eigenvalue weighted by atomic mass is 79.9. The molecule has 6 heteroatoms. The second-order valence-corrected chi connectivity index (χ2v) is 4.60. The van der Waals surface area contributed by atoms with Gasteiger partial charge in [-0.3, -0.25) is 0 Å². The van der Waals surface area contributed by atoms with Crippen LogP contribution in [0.3, 0.4) is 0 Å². The lowest BCUT2D eigenvalue weighted by Gasteiger charge is -2.01. The van der Waals surface area contributed by atoms with Crippen LogP contribution in [0.1, 0.15) is 0 Å². The Morgan fingerprint density at radius 1 is 1.56 bits per heavy atom. The number of rotatable bonds is 3. The molecule has 0 spiro atoms. The summed E-state index contributed by atoms with van der Waals surface area (Å²) < 4.78 is 15.6. The normalized spacial score (nSPS) is 11.8. The first-order valence-corrected chi connectivity index (χ1v) is 5.92. The van der Waals surface area contributed by atoms with Gasteiger partial charge in [-0.15, -0.1) is 0 Å². The average Bonchev–Trinajstić information content (AvgIpc) is 2.71. The van der Waals surface area contributed by atoms with Crippen LogP contribution in [-0.4, -0.2) is 14.3 Å². The molecule has 1 aromatic carbocycles. The van der Waals surface area contributed by atoms with Crippen molar-refractivity contribution < 1.29 is 4.39 Å². The van der Waals surface area contributed by atoms with E-state index in [-0.39, 0.29) is 17.8 Å². The zero-order valence-corrected chi connectivity index (χ0v) is 11.0. The van der Waals surface area contributed by atoms with E-state index in [2.05, 4.69) is 28.0 Å². The fraction of sp³-hybridized carbons (Fsp3) is 0.0833. The van der Waals surface area contributed by atoms with Gasteiger partial charge in [0.15, 0.2) is 0 Å². The van der Waals surface area contributed by atoms with Crippen molar-refractivity contribution in [2.24, 2.45) is 0 Å². The quantitative estimate of drug-likeness (QED) is 0.874. The molecule has 93 valence electrons. The Labute approximate surface area is 111 Å². The molecule has 0 aliphatic rings. The molecular formula is C12H10BrFN3O. The topological polar surface area (TPSA) is 39.8 Å². The maximum atomic E-state index is 12.2. The number of nitrogens with zero attached hydrogens (tertiary/aromatic N) is 3. The molecule has 1 radical (unpaired) electrons. The van der Waals surface area contributed by atoms with Gasteiger partial charge in [-0.05, 0) is 30.7 Å². The van der Waals surface area contributed by atoms with E-state index in [9.17, 15) is 9.18 Å². The Morgan fingerprint density at radius 3 is 3.00 bits per heavy atom. The van der Waals surface area contributed by atoms with E-state index in [1.807, 2.05) is 12.1 Å². The summed E-state index contributed by atoms with van der Waals surface area (Å²) in [4.78, 5) is 12.0. The van der Waals surface area contributed by atoms with Crippen molar-refractivity contribution in [2.75, 3.05) is 0 Å². The largest absolute Gasteiger partial charge is 0.350 e. The molecule has 0 bridgehead atoms. The Morgan fingerprint density at radius 2 is 2.33 bits per heavy atom. The van der Waals surface area contributed by atoms with E-state index >= 15 is 0 Å². The van der Waals surface area contributed by atoms with Gasteiger partial charge in [0.25, 0.3) is 0 Å². The van der Waals surface area contributed by atoms with Crippen LogP contribution in [0.15, 0.2) is 51.8 Å². The van der Waals surface area contributed by atoms with E-state index in [4.69, 9.17) is 0 Å². The van der Waals surface area contributed by atoms with Crippen molar-refractivity contribution in [3.8, 4) is 5.69 Å². The summed E-state index contributed by atoms with van der Waals surface area (Å²) in [5, 5.41) is 3.91. The minimum Gasteiger partial charge on any atom is -0.250 e. The molecule has 2 rings (SSSR count). The van der Waals surface area contributed by atoms with Crippen LogP contribution in [0, 0.1) is 6.92 Å². The van der Waals surface area contributed by atoms with E-state index in [1.54, 1.807) is 12.1 Å². The van der Waals surface area contributed by atoms with E-state index in [0.29, 0.717) is 12.0 Å². The molecule has 0 amide bonds. The highest BCUT2D eigenvalue weighted by Crippen LogP contribution is 2.13. The van der Waals surface area contributed by atoms with Gasteiger partial charge in [-0.1, -0.05) is 22.0 Å². The summed E-state index contributed by atoms with van der Waals surface area (Å²) in [5.41, 5.74) is 0.545. The minimum atomic E-state index is -0.337. The molecule has 1 aromatic heterocycles. The molecular weight excluding hydrogens is 301 g/mol. The molecule has 0 N–H and O–H groups in total. The predicted octanol–water partition coefficient (Wildman–Crippen LogP) is 2.48. The number of hydrogen-bond donors (Lipinski definition) is 0. The SMILES string of the molecule is [CH2]/C(=C\F)Cn1ncn(-c2cccc(Br)c2)c1=O. The van der Waals surface area contributed by atoms with Gasteiger partial charge in [0.05, 0.1) is 18.6 Å². The van der Waals surface area contributed by atoms with Gasteiger partial charge in [-0.25, -0.2) is 18.4 Å². The summed E-state index contributed by atoms with van der Waals surface area (Å²) in [7, 11) is 0. The van der Waals surface area contributed by atoms with Crippen molar-refractivity contribution in [3.05, 3.63) is 64.4 Å². The van der Waals surface area contributed by atoms with Crippen LogP contribution in [0.5, 0.6) is 0 Å². The van der Waals surface area contributed by atoms with Crippen molar-refractivity contribution in [3.63, 3.8) is 0 Å². The molecule has 0 unspecified atom stereocenters. The fourth-order valence-corrected chi connectivity index (χ4v) is 1.86. The highest BCUT2D eigenvalue weighted by molar-refractivity contribution is 9.10. The lowest BCUT2D eigenvalue weighted by atomic mass is 10.3. The lowest BCUT2D eigenvalue weighted by Crippen LogP contribution is -2.24. The summed E-state index contributed by atoms with van der Waals surface area (Å²) in [6.45, 7) is 3.50. The van der Waals surface area contributed by atoms with E-state index in [0.717, 1.165) is 9.15 Å². The maximum Gasteiger partial charge on any atom is 0.350 e. The summed E-state index contributed by atoms with van der Waals surface area (Å²) in [6.07, 6.45) is 1.76. The van der Waals surface area contributed by atoms with E-state index in [1.165, 1.54) is 10.9 Å². The molecule has 0 saturated carbocycles. The Bertz CT molecular complexity index is 645. The number of aromatic nitrogens is 3. The van der Waals surface area contributed by atoms with Crippen LogP contribution in [-0.2, 0) is 6.54 Å². The fourth-order valence-electron chi connectivity index (χ4n) is 1.48. The standard InChI is InChI=1S/C12H10BrFN3O/c1-9(6-14)7-17-12(18)16(8-15-17)11-4-2-3-10(13)5-11/h2-6,8H,1,7H2/b9-6+. The first-order chi connectivity index (χ1) is 8.61. The van der Waals surface area contributed by atoms with Crippen LogP contribution < -0.4 is 5.69 Å². The van der Waals surface area contributed by atoms with Crippen molar-refractivity contribution >= 4 is 15.9 Å². The maximum absolute atomic E-state index is 12.2. The van der Waals surface area contributed by atoms with Crippen LogP contribution in [0.2, 0.25) is 0 Å². The van der Waals surface area contributed by atoms with Gasteiger partial charge in [0.2, 0.25) is 0 Å². The average molecular weight is 311 g/mol. The zero-order valence-electron chi connectivity index (χ0n) is 9.38. The molecule has 18 heavy (non-hydrogen) atoms. The monoisotopic (exact) mass is 310 g/mol. The van der Waals surface area contributed by atoms with Crippen molar-refractivity contribution in [1.29, 1.82) is 0 Å². The smallest absolute Gasteiger partial charge is 0.250 e. The van der Waals surface area contributed by atoms with Gasteiger partial charge in [0.1, 0.15) is 6.33 Å². The van der Waals surface area contributed by atoms with Crippen molar-refractivity contribution in [1.82, 2.24) is 14.3 Å². The highest BCUT2D eigenvalue weighted by Gasteiger charge is 2.07. The molecule has 0 aliphatic carbocycles. The summed E-state index contributed by atoms with van der Waals surface area (Å²) in [5.74, 6) is 0. The summed E-state index contributed by atoms with van der Waals surface area (Å²) in [6, 6.07) is 7.26. The number of hydrogen-bond acceptors (Lipinski definition) is 2. The third-order valence-corrected chi connectivity index (χ3v) is 2.82. The van der Waals surface area contributed by atoms with Crippen LogP contribution in [0.4, 0.5) is 4.39 Å². The molecule has 1 heterocycles. The number of halogens is 2. The molecule has 0 fully saturated rings. The third-order valence-electron chi connectivity index (χ3n) is 2.33. The van der Waals surface area contributed by atoms with Crippen LogP contribution >= 0.6 is 15.9 Å². The molecule has 0 saturated heterocycles. The van der Waals surface area contributed by atoms with Gasteiger partial charge < -0.3 is 0 Å². The van der Waals surface area contributed by atoms with Gasteiger partial charge in [-0.2, -0.15) is 5.10 Å². The number of allylic oxidation sites excluding steroid dienone is 1. The summed E-state index contributed by atoms with van der Waals surface area (Å²) >= 11 is 3.33. The third kappa shape index (κ3) is 2.59. The first kappa shape index (κ1) is 12.8. The Hall–Kier alpha value is -1.69. The lowest BCUT2D eigenvalue weighted by molar-refractivity contribution is 0.629. The second-order valence-electron chi connectivity index (χ2n) is 3.69. The predicted molar refractivity (Wildman–Crippen MR) is 70.1 cm³/mol. The second kappa shape index (κ2) is 5.30. The molecule has 0 atom stereocenters. The molecule has 2 aromatic rings. The number of benzene rings is 1. The zero-order chi connectivity index (χ0) is 13.1. The molecule has 0 aliphatic heterocycles. The van der Waals surface area contributed by atoms with Crippen LogP contribution in [0.25, 0.3) is 5.69 Å². The first-order valence-electron chi connectivity index (χ1n) is 5.13. The Balaban J connectivity index is 2.40. The van der Waals surface area contributed by atoms with Gasteiger partial charge >= 0.3 is 5.69 Å². The van der Waals surface area contributed by atoms with Crippen molar-refractivity contribution in [2.45, 2.75) is 6.54 Å². The van der Waals surface area contributed by atoms with Gasteiger partial charge in [0, 0.05) is 4.47 Å². The molecule has 4 nitrogen and oxygen atoms in total. The van der Waals surface area contributed by atoms with E-state index < -0.39 is 0 Å².